The number of carbonyl (C=O) groups is 2. The second-order valence-corrected chi connectivity index (χ2v) is 7.13. The Morgan fingerprint density at radius 3 is 2.41 bits per heavy atom. The van der Waals surface area contributed by atoms with Gasteiger partial charge in [-0.2, -0.15) is 10.5 Å². The van der Waals surface area contributed by atoms with E-state index in [0.29, 0.717) is 17.2 Å². The van der Waals surface area contributed by atoms with E-state index in [9.17, 15) is 9.59 Å². The Balaban J connectivity index is 1.81. The number of aryl methyl sites for hydroxylation is 2. The van der Waals surface area contributed by atoms with Crippen LogP contribution in [-0.2, 0) is 14.3 Å². The SMILES string of the molecule is CCOC(=O)C(=O)Nc1cc(C)c(Oc2ccc3c(c2)C(C(C)C)=N[N]3)c(C)c1. The molecule has 1 aliphatic rings. The van der Waals surface area contributed by atoms with Crippen LogP contribution in [0.3, 0.4) is 0 Å². The normalized spacial score (nSPS) is 12.1. The third-order valence-corrected chi connectivity index (χ3v) is 4.46. The molecule has 0 atom stereocenters. The summed E-state index contributed by atoms with van der Waals surface area (Å²) in [6, 6.07) is 9.20. The van der Waals surface area contributed by atoms with E-state index < -0.39 is 11.9 Å². The second-order valence-electron chi connectivity index (χ2n) is 7.13. The molecule has 0 spiro atoms. The van der Waals surface area contributed by atoms with E-state index in [1.165, 1.54) is 0 Å². The van der Waals surface area contributed by atoms with Crippen molar-refractivity contribution in [3.05, 3.63) is 47.0 Å². The minimum absolute atomic E-state index is 0.147. The first-order valence-electron chi connectivity index (χ1n) is 9.50. The highest BCUT2D eigenvalue weighted by molar-refractivity contribution is 6.37. The van der Waals surface area contributed by atoms with Gasteiger partial charge >= 0.3 is 11.9 Å². The summed E-state index contributed by atoms with van der Waals surface area (Å²) < 4.78 is 10.8. The fourth-order valence-electron chi connectivity index (χ4n) is 3.14. The van der Waals surface area contributed by atoms with E-state index in [-0.39, 0.29) is 12.5 Å². The highest BCUT2D eigenvalue weighted by Gasteiger charge is 2.21. The van der Waals surface area contributed by atoms with Crippen molar-refractivity contribution in [2.75, 3.05) is 11.9 Å². The Kier molecular flexibility index (Phi) is 5.87. The van der Waals surface area contributed by atoms with Gasteiger partial charge < -0.3 is 14.8 Å². The maximum atomic E-state index is 11.9. The third-order valence-electron chi connectivity index (χ3n) is 4.46. The van der Waals surface area contributed by atoms with Gasteiger partial charge in [0.1, 0.15) is 11.5 Å². The first-order chi connectivity index (χ1) is 13.8. The van der Waals surface area contributed by atoms with Gasteiger partial charge in [0.15, 0.2) is 0 Å². The van der Waals surface area contributed by atoms with Gasteiger partial charge in [0.2, 0.25) is 0 Å². The van der Waals surface area contributed by atoms with E-state index in [4.69, 9.17) is 9.47 Å². The lowest BCUT2D eigenvalue weighted by atomic mass is 9.99. The summed E-state index contributed by atoms with van der Waals surface area (Å²) in [5.74, 6) is -0.0710. The van der Waals surface area contributed by atoms with Gasteiger partial charge in [-0.3, -0.25) is 4.79 Å². The fourth-order valence-corrected chi connectivity index (χ4v) is 3.14. The summed E-state index contributed by atoms with van der Waals surface area (Å²) in [4.78, 5) is 23.4. The topological polar surface area (TPSA) is 91.1 Å². The number of fused-ring (bicyclic) bond motifs is 1. The number of hydrogen-bond acceptors (Lipinski definition) is 5. The van der Waals surface area contributed by atoms with E-state index in [1.54, 1.807) is 19.1 Å². The molecule has 29 heavy (non-hydrogen) atoms. The highest BCUT2D eigenvalue weighted by atomic mass is 16.5. The zero-order valence-corrected chi connectivity index (χ0v) is 17.2. The smallest absolute Gasteiger partial charge is 0.397 e. The summed E-state index contributed by atoms with van der Waals surface area (Å²) in [5.41, 5.74) is 9.12. The van der Waals surface area contributed by atoms with Gasteiger partial charge in [-0.05, 0) is 68.1 Å². The van der Waals surface area contributed by atoms with Crippen LogP contribution in [0.4, 0.5) is 11.4 Å². The molecule has 0 fully saturated rings. The van der Waals surface area contributed by atoms with Crippen LogP contribution < -0.4 is 15.5 Å². The molecule has 2 aromatic rings. The number of anilines is 1. The lowest BCUT2D eigenvalue weighted by molar-refractivity contribution is -0.152. The van der Waals surface area contributed by atoms with Gasteiger partial charge in [-0.15, -0.1) is 0 Å². The minimum atomic E-state index is -0.908. The molecule has 1 N–H and O–H groups in total. The molecule has 0 aliphatic carbocycles. The molecule has 1 radical (unpaired) electrons. The molecule has 1 heterocycles. The Morgan fingerprint density at radius 1 is 1.10 bits per heavy atom. The first kappa shape index (κ1) is 20.4. The molecule has 0 bridgehead atoms. The molecule has 0 saturated carbocycles. The minimum Gasteiger partial charge on any atom is -0.459 e. The molecule has 0 saturated heterocycles. The standard InChI is InChI=1S/C22H24N3O4/c1-6-28-22(27)21(26)23-15-9-13(4)20(14(5)10-15)29-16-7-8-18-17(11-16)19(12(2)3)25-24-18/h7-12H,6H2,1-5H3,(H,23,26). The van der Waals surface area contributed by atoms with E-state index >= 15 is 0 Å². The van der Waals surface area contributed by atoms with Crippen LogP contribution in [0.5, 0.6) is 11.5 Å². The van der Waals surface area contributed by atoms with E-state index in [1.807, 2.05) is 32.0 Å². The van der Waals surface area contributed by atoms with Crippen LogP contribution in [-0.4, -0.2) is 24.2 Å². The zero-order chi connectivity index (χ0) is 21.1. The maximum absolute atomic E-state index is 11.9. The number of esters is 1. The van der Waals surface area contributed by atoms with Crippen molar-refractivity contribution < 1.29 is 19.1 Å². The molecular formula is C22H24N3O4. The summed E-state index contributed by atoms with van der Waals surface area (Å²) >= 11 is 0. The van der Waals surface area contributed by atoms with Crippen molar-refractivity contribution in [3.63, 3.8) is 0 Å². The number of ether oxygens (including phenoxy) is 2. The molecule has 3 rings (SSSR count). The average molecular weight is 394 g/mol. The lowest BCUT2D eigenvalue weighted by Gasteiger charge is -2.15. The third kappa shape index (κ3) is 4.39. The molecular weight excluding hydrogens is 370 g/mol. The van der Waals surface area contributed by atoms with Crippen molar-refractivity contribution in [1.29, 1.82) is 0 Å². The summed E-state index contributed by atoms with van der Waals surface area (Å²) in [7, 11) is 0. The van der Waals surface area contributed by atoms with Gasteiger partial charge in [0, 0.05) is 11.3 Å². The Hall–Kier alpha value is -3.35. The Morgan fingerprint density at radius 2 is 1.79 bits per heavy atom. The summed E-state index contributed by atoms with van der Waals surface area (Å²) in [5, 5.41) is 6.82. The quantitative estimate of drug-likeness (QED) is 0.607. The van der Waals surface area contributed by atoms with Crippen molar-refractivity contribution in [2.45, 2.75) is 34.6 Å². The average Bonchev–Trinajstić information content (AvgIpc) is 3.08. The molecule has 2 aromatic carbocycles. The maximum Gasteiger partial charge on any atom is 0.397 e. The van der Waals surface area contributed by atoms with Crippen molar-refractivity contribution in [2.24, 2.45) is 11.0 Å². The monoisotopic (exact) mass is 394 g/mol. The molecule has 151 valence electrons. The summed E-state index contributed by atoms with van der Waals surface area (Å²) in [6.07, 6.45) is 0. The first-order valence-corrected chi connectivity index (χ1v) is 9.50. The Labute approximate surface area is 170 Å². The van der Waals surface area contributed by atoms with Crippen LogP contribution in [0.2, 0.25) is 0 Å². The van der Waals surface area contributed by atoms with Gasteiger partial charge in [-0.25, -0.2) is 4.79 Å². The fraction of sp³-hybridized carbons (Fsp3) is 0.318. The Bertz CT molecular complexity index is 973. The molecule has 1 aliphatic heterocycles. The zero-order valence-electron chi connectivity index (χ0n) is 17.2. The number of benzene rings is 2. The van der Waals surface area contributed by atoms with Gasteiger partial charge in [-0.1, -0.05) is 13.8 Å². The van der Waals surface area contributed by atoms with Crippen molar-refractivity contribution in [1.82, 2.24) is 5.43 Å². The van der Waals surface area contributed by atoms with Crippen LogP contribution >= 0.6 is 0 Å². The van der Waals surface area contributed by atoms with Crippen LogP contribution in [0.25, 0.3) is 0 Å². The van der Waals surface area contributed by atoms with Crippen LogP contribution in [0, 0.1) is 19.8 Å². The van der Waals surface area contributed by atoms with E-state index in [0.717, 1.165) is 28.1 Å². The lowest BCUT2D eigenvalue weighted by Crippen LogP contribution is -2.25. The molecule has 0 unspecified atom stereocenters. The number of nitrogens with zero attached hydrogens (tertiary/aromatic N) is 2. The number of nitrogens with one attached hydrogen (secondary N) is 1. The largest absolute Gasteiger partial charge is 0.459 e. The number of carbonyl (C=O) groups excluding carboxylic acids is 2. The predicted molar refractivity (Wildman–Crippen MR) is 111 cm³/mol. The van der Waals surface area contributed by atoms with Gasteiger partial charge in [0.05, 0.1) is 18.0 Å². The van der Waals surface area contributed by atoms with Crippen LogP contribution in [0.1, 0.15) is 37.5 Å². The number of hydrogen-bond donors (Lipinski definition) is 1. The highest BCUT2D eigenvalue weighted by Crippen LogP contribution is 2.35. The van der Waals surface area contributed by atoms with Crippen molar-refractivity contribution >= 4 is 29.0 Å². The molecule has 0 aromatic heterocycles. The predicted octanol–water partition coefficient (Wildman–Crippen LogP) is 4.21. The second kappa shape index (κ2) is 8.34. The molecule has 1 amide bonds. The van der Waals surface area contributed by atoms with Crippen molar-refractivity contribution in [3.8, 4) is 11.5 Å². The summed E-state index contributed by atoms with van der Waals surface area (Å²) in [6.45, 7) is 9.71. The van der Waals surface area contributed by atoms with E-state index in [2.05, 4.69) is 29.7 Å². The van der Waals surface area contributed by atoms with Crippen LogP contribution in [0.15, 0.2) is 35.4 Å². The number of rotatable bonds is 5. The van der Waals surface area contributed by atoms with Gasteiger partial charge in [0.25, 0.3) is 0 Å². The number of amides is 1. The molecule has 7 heteroatoms. The molecule has 7 nitrogen and oxygen atoms in total.